The summed E-state index contributed by atoms with van der Waals surface area (Å²) in [5, 5.41) is 11.0. The Kier molecular flexibility index (Phi) is 4.81. The van der Waals surface area contributed by atoms with Crippen molar-refractivity contribution in [1.82, 2.24) is 4.90 Å². The van der Waals surface area contributed by atoms with E-state index in [0.717, 1.165) is 19.3 Å². The predicted octanol–water partition coefficient (Wildman–Crippen LogP) is 3.98. The number of fused-ring (bicyclic) bond motifs is 1. The van der Waals surface area contributed by atoms with Crippen LogP contribution in [0.3, 0.4) is 0 Å². The van der Waals surface area contributed by atoms with E-state index in [-0.39, 0.29) is 11.8 Å². The van der Waals surface area contributed by atoms with Crippen LogP contribution in [0.25, 0.3) is 0 Å². The standard InChI is InChI=1S/C19H22N2O3/c1-20(2)15-11-10-14-6-3-4-9-18(14)19(13-15)24-17-8-5-7-16(12-17)21(22)23/h3-9,12,15,19H,10-11,13H2,1-2H3. The Hall–Kier alpha value is -2.40. The van der Waals surface area contributed by atoms with Crippen molar-refractivity contribution in [3.05, 3.63) is 69.8 Å². The number of hydrogen-bond acceptors (Lipinski definition) is 4. The molecule has 0 aromatic heterocycles. The number of nitrogens with zero attached hydrogens (tertiary/aromatic N) is 2. The molecule has 0 aliphatic heterocycles. The second kappa shape index (κ2) is 7.01. The summed E-state index contributed by atoms with van der Waals surface area (Å²) in [7, 11) is 4.18. The van der Waals surface area contributed by atoms with Gasteiger partial charge in [0.1, 0.15) is 11.9 Å². The lowest BCUT2D eigenvalue weighted by atomic mass is 10.0. The van der Waals surface area contributed by atoms with Gasteiger partial charge < -0.3 is 9.64 Å². The summed E-state index contributed by atoms with van der Waals surface area (Å²) in [5.74, 6) is 0.545. The van der Waals surface area contributed by atoms with Crippen molar-refractivity contribution in [3.63, 3.8) is 0 Å². The zero-order chi connectivity index (χ0) is 17.1. The van der Waals surface area contributed by atoms with Crippen LogP contribution in [-0.2, 0) is 6.42 Å². The summed E-state index contributed by atoms with van der Waals surface area (Å²) in [6, 6.07) is 15.2. The molecule has 3 rings (SSSR count). The molecule has 24 heavy (non-hydrogen) atoms. The first kappa shape index (κ1) is 16.5. The van der Waals surface area contributed by atoms with E-state index in [9.17, 15) is 10.1 Å². The highest BCUT2D eigenvalue weighted by atomic mass is 16.6. The van der Waals surface area contributed by atoms with Crippen LogP contribution < -0.4 is 4.74 Å². The predicted molar refractivity (Wildman–Crippen MR) is 93.3 cm³/mol. The van der Waals surface area contributed by atoms with E-state index in [1.165, 1.54) is 23.3 Å². The van der Waals surface area contributed by atoms with Gasteiger partial charge in [-0.1, -0.05) is 30.3 Å². The molecule has 0 fully saturated rings. The fourth-order valence-corrected chi connectivity index (χ4v) is 3.31. The van der Waals surface area contributed by atoms with Gasteiger partial charge in [0.25, 0.3) is 5.69 Å². The molecule has 5 heteroatoms. The van der Waals surface area contributed by atoms with E-state index in [1.54, 1.807) is 12.1 Å². The first-order valence-electron chi connectivity index (χ1n) is 8.20. The number of nitro benzene ring substituents is 1. The van der Waals surface area contributed by atoms with E-state index >= 15 is 0 Å². The van der Waals surface area contributed by atoms with Crippen molar-refractivity contribution in [2.24, 2.45) is 0 Å². The number of benzene rings is 2. The van der Waals surface area contributed by atoms with E-state index in [1.807, 2.05) is 6.07 Å². The van der Waals surface area contributed by atoms with Crippen molar-refractivity contribution >= 4 is 5.69 Å². The van der Waals surface area contributed by atoms with Gasteiger partial charge in [0.15, 0.2) is 0 Å². The lowest BCUT2D eigenvalue weighted by Gasteiger charge is -2.27. The Morgan fingerprint density at radius 3 is 2.71 bits per heavy atom. The summed E-state index contributed by atoms with van der Waals surface area (Å²) in [6.07, 6.45) is 2.87. The van der Waals surface area contributed by atoms with Crippen LogP contribution in [0.15, 0.2) is 48.5 Å². The molecule has 2 aromatic carbocycles. The maximum absolute atomic E-state index is 11.0. The van der Waals surface area contributed by atoms with Crippen LogP contribution >= 0.6 is 0 Å². The molecule has 0 heterocycles. The topological polar surface area (TPSA) is 55.6 Å². The summed E-state index contributed by atoms with van der Waals surface area (Å²) in [4.78, 5) is 12.8. The van der Waals surface area contributed by atoms with Gasteiger partial charge in [-0.05, 0) is 44.1 Å². The van der Waals surface area contributed by atoms with E-state index in [4.69, 9.17) is 4.74 Å². The average Bonchev–Trinajstić information content (AvgIpc) is 2.75. The first-order chi connectivity index (χ1) is 11.5. The number of nitro groups is 1. The van der Waals surface area contributed by atoms with Gasteiger partial charge >= 0.3 is 0 Å². The maximum atomic E-state index is 11.0. The molecule has 2 unspecified atom stereocenters. The van der Waals surface area contributed by atoms with Gasteiger partial charge in [0.2, 0.25) is 0 Å². The molecule has 1 aliphatic carbocycles. The Morgan fingerprint density at radius 1 is 1.17 bits per heavy atom. The molecule has 0 amide bonds. The minimum Gasteiger partial charge on any atom is -0.485 e. The summed E-state index contributed by atoms with van der Waals surface area (Å²) >= 11 is 0. The molecule has 2 aromatic rings. The minimum atomic E-state index is -0.392. The highest BCUT2D eigenvalue weighted by Gasteiger charge is 2.27. The monoisotopic (exact) mass is 326 g/mol. The van der Waals surface area contributed by atoms with Crippen molar-refractivity contribution in [2.75, 3.05) is 14.1 Å². The fraction of sp³-hybridized carbons (Fsp3) is 0.368. The molecule has 126 valence electrons. The number of non-ortho nitro benzene ring substituents is 1. The minimum absolute atomic E-state index is 0.0542. The van der Waals surface area contributed by atoms with Gasteiger partial charge in [0, 0.05) is 18.5 Å². The summed E-state index contributed by atoms with van der Waals surface area (Å²) in [6.45, 7) is 0. The zero-order valence-electron chi connectivity index (χ0n) is 14.0. The second-order valence-corrected chi connectivity index (χ2v) is 6.45. The van der Waals surface area contributed by atoms with Crippen molar-refractivity contribution in [1.29, 1.82) is 0 Å². The van der Waals surface area contributed by atoms with Crippen LogP contribution in [0.5, 0.6) is 5.75 Å². The maximum Gasteiger partial charge on any atom is 0.273 e. The van der Waals surface area contributed by atoms with Crippen LogP contribution in [0.2, 0.25) is 0 Å². The Labute approximate surface area is 142 Å². The summed E-state index contributed by atoms with van der Waals surface area (Å²) < 4.78 is 6.20. The Bertz CT molecular complexity index is 730. The smallest absolute Gasteiger partial charge is 0.273 e. The van der Waals surface area contributed by atoms with Crippen LogP contribution in [0.1, 0.15) is 30.1 Å². The van der Waals surface area contributed by atoms with Gasteiger partial charge in [-0.2, -0.15) is 0 Å². The van der Waals surface area contributed by atoms with Gasteiger partial charge in [-0.25, -0.2) is 0 Å². The first-order valence-corrected chi connectivity index (χ1v) is 8.20. The van der Waals surface area contributed by atoms with Crippen LogP contribution in [0, 0.1) is 10.1 Å². The van der Waals surface area contributed by atoms with E-state index < -0.39 is 4.92 Å². The van der Waals surface area contributed by atoms with Crippen LogP contribution in [0.4, 0.5) is 5.69 Å². The van der Waals surface area contributed by atoms with E-state index in [0.29, 0.717) is 11.8 Å². The largest absolute Gasteiger partial charge is 0.485 e. The third kappa shape index (κ3) is 3.57. The lowest BCUT2D eigenvalue weighted by Crippen LogP contribution is -2.30. The van der Waals surface area contributed by atoms with Gasteiger partial charge in [-0.15, -0.1) is 0 Å². The molecule has 1 aliphatic rings. The molecule has 0 saturated heterocycles. The number of rotatable bonds is 4. The molecule has 0 spiro atoms. The molecule has 0 bridgehead atoms. The molecular formula is C19H22N2O3. The van der Waals surface area contributed by atoms with E-state index in [2.05, 4.69) is 37.2 Å². The normalized spacial score (nSPS) is 20.3. The zero-order valence-corrected chi connectivity index (χ0v) is 14.0. The third-order valence-corrected chi connectivity index (χ3v) is 4.67. The molecule has 0 saturated carbocycles. The quantitative estimate of drug-likeness (QED) is 0.484. The Balaban J connectivity index is 1.91. The van der Waals surface area contributed by atoms with Crippen molar-refractivity contribution in [2.45, 2.75) is 31.4 Å². The van der Waals surface area contributed by atoms with Gasteiger partial charge in [0.05, 0.1) is 11.0 Å². The molecular weight excluding hydrogens is 304 g/mol. The van der Waals surface area contributed by atoms with Crippen LogP contribution in [-0.4, -0.2) is 30.0 Å². The van der Waals surface area contributed by atoms with Gasteiger partial charge in [-0.3, -0.25) is 10.1 Å². The molecule has 2 atom stereocenters. The average molecular weight is 326 g/mol. The van der Waals surface area contributed by atoms with Crippen molar-refractivity contribution in [3.8, 4) is 5.75 Å². The fourth-order valence-electron chi connectivity index (χ4n) is 3.31. The third-order valence-electron chi connectivity index (χ3n) is 4.67. The Morgan fingerprint density at radius 2 is 1.96 bits per heavy atom. The number of aryl methyl sites for hydroxylation is 1. The molecule has 5 nitrogen and oxygen atoms in total. The highest BCUT2D eigenvalue weighted by Crippen LogP contribution is 2.34. The second-order valence-electron chi connectivity index (χ2n) is 6.45. The van der Waals surface area contributed by atoms with Crippen molar-refractivity contribution < 1.29 is 9.66 Å². The number of ether oxygens (including phenoxy) is 1. The summed E-state index contributed by atoms with van der Waals surface area (Å²) in [5.41, 5.74) is 2.55. The SMILES string of the molecule is CN(C)C1CCc2ccccc2C(Oc2cccc([N+](=O)[O-])c2)C1. The molecule has 0 radical (unpaired) electrons. The molecule has 0 N–H and O–H groups in total. The lowest BCUT2D eigenvalue weighted by molar-refractivity contribution is -0.385. The number of hydrogen-bond donors (Lipinski definition) is 0. The highest BCUT2D eigenvalue weighted by molar-refractivity contribution is 5.39.